The van der Waals surface area contributed by atoms with Crippen LogP contribution in [0, 0.1) is 0 Å². The number of benzene rings is 2. The standard InChI is InChI=1S/C25H21ClN2O4/c26-17-10-18-19(11-22(27-18)32-21-13-31-24-20(29)12-30-25(21)24)28-23(17)16-8-6-15(7-9-16)14-4-2-1-3-5-14/h1-11,20-21,24-25,27,29H,12-13H2/t20-,21+,24?,25-/m1/s1. The highest BCUT2D eigenvalue weighted by Crippen LogP contribution is 2.34. The molecule has 2 aliphatic heterocycles. The second kappa shape index (κ2) is 7.90. The van der Waals surface area contributed by atoms with Crippen molar-refractivity contribution >= 4 is 22.6 Å². The minimum atomic E-state index is -0.604. The van der Waals surface area contributed by atoms with Gasteiger partial charge in [0.1, 0.15) is 18.3 Å². The number of rotatable bonds is 4. The summed E-state index contributed by atoms with van der Waals surface area (Å²) in [5.41, 5.74) is 5.52. The van der Waals surface area contributed by atoms with Crippen LogP contribution in [0.25, 0.3) is 33.4 Å². The van der Waals surface area contributed by atoms with Crippen molar-refractivity contribution in [1.29, 1.82) is 0 Å². The highest BCUT2D eigenvalue weighted by Gasteiger charge is 2.48. The van der Waals surface area contributed by atoms with Crippen LogP contribution in [0.2, 0.25) is 5.02 Å². The fourth-order valence-electron chi connectivity index (χ4n) is 4.43. The van der Waals surface area contributed by atoms with Gasteiger partial charge in [0.05, 0.1) is 35.0 Å². The number of ether oxygens (including phenoxy) is 3. The lowest BCUT2D eigenvalue weighted by Gasteiger charge is -2.16. The van der Waals surface area contributed by atoms with Crippen LogP contribution in [0.3, 0.4) is 0 Å². The van der Waals surface area contributed by atoms with Gasteiger partial charge in [-0.2, -0.15) is 0 Å². The van der Waals surface area contributed by atoms with E-state index in [0.29, 0.717) is 17.5 Å². The molecule has 4 aromatic rings. The number of nitrogens with zero attached hydrogens (tertiary/aromatic N) is 1. The largest absolute Gasteiger partial charge is 0.470 e. The molecular formula is C25H21ClN2O4. The molecule has 2 N–H and O–H groups in total. The summed E-state index contributed by atoms with van der Waals surface area (Å²) in [6, 6.07) is 22.2. The van der Waals surface area contributed by atoms with Crippen molar-refractivity contribution in [2.75, 3.05) is 13.2 Å². The molecule has 4 atom stereocenters. The molecule has 0 spiro atoms. The second-order valence-electron chi connectivity index (χ2n) is 8.15. The summed E-state index contributed by atoms with van der Waals surface area (Å²) in [6.45, 7) is 0.639. The summed E-state index contributed by atoms with van der Waals surface area (Å²) in [5.74, 6) is 0.569. The van der Waals surface area contributed by atoms with E-state index in [2.05, 4.69) is 29.2 Å². The fraction of sp³-hybridized carbons (Fsp3) is 0.240. The van der Waals surface area contributed by atoms with Gasteiger partial charge < -0.3 is 24.3 Å². The van der Waals surface area contributed by atoms with E-state index in [4.69, 9.17) is 30.8 Å². The molecule has 2 aliphatic rings. The first-order valence-corrected chi connectivity index (χ1v) is 11.0. The van der Waals surface area contributed by atoms with Gasteiger partial charge in [0.15, 0.2) is 12.0 Å². The van der Waals surface area contributed by atoms with Gasteiger partial charge >= 0.3 is 0 Å². The maximum atomic E-state index is 9.91. The zero-order chi connectivity index (χ0) is 21.7. The Morgan fingerprint density at radius 1 is 0.906 bits per heavy atom. The van der Waals surface area contributed by atoms with Gasteiger partial charge in [0, 0.05) is 11.6 Å². The first kappa shape index (κ1) is 19.8. The number of aromatic nitrogens is 2. The molecule has 0 aliphatic carbocycles. The predicted molar refractivity (Wildman–Crippen MR) is 122 cm³/mol. The van der Waals surface area contributed by atoms with Gasteiger partial charge in [-0.05, 0) is 17.2 Å². The number of aliphatic hydroxyl groups is 1. The lowest BCUT2D eigenvalue weighted by molar-refractivity contribution is 0.00794. The number of H-pyrrole nitrogens is 1. The van der Waals surface area contributed by atoms with Gasteiger partial charge in [-0.25, -0.2) is 4.98 Å². The summed E-state index contributed by atoms with van der Waals surface area (Å²) in [6.07, 6.45) is -1.49. The van der Waals surface area contributed by atoms with Crippen LogP contribution in [-0.4, -0.2) is 52.7 Å². The van der Waals surface area contributed by atoms with Crippen molar-refractivity contribution in [3.63, 3.8) is 0 Å². The van der Waals surface area contributed by atoms with Gasteiger partial charge in [-0.1, -0.05) is 66.2 Å². The van der Waals surface area contributed by atoms with Gasteiger partial charge in [-0.15, -0.1) is 0 Å². The highest BCUT2D eigenvalue weighted by atomic mass is 35.5. The van der Waals surface area contributed by atoms with Crippen molar-refractivity contribution in [2.45, 2.75) is 24.4 Å². The molecule has 6 nitrogen and oxygen atoms in total. The van der Waals surface area contributed by atoms with Gasteiger partial charge in [-0.3, -0.25) is 0 Å². The Morgan fingerprint density at radius 3 is 2.44 bits per heavy atom. The molecule has 2 saturated heterocycles. The first-order chi connectivity index (χ1) is 15.7. The van der Waals surface area contributed by atoms with E-state index in [1.807, 2.05) is 42.5 Å². The fourth-order valence-corrected chi connectivity index (χ4v) is 4.69. The normalized spacial score (nSPS) is 24.7. The molecule has 7 heteroatoms. The number of fused-ring (bicyclic) bond motifs is 2. The Bertz CT molecular complexity index is 1260. The number of halogens is 1. The van der Waals surface area contributed by atoms with E-state index in [1.165, 1.54) is 0 Å². The Labute approximate surface area is 189 Å². The average molecular weight is 449 g/mol. The zero-order valence-corrected chi connectivity index (χ0v) is 17.8. The van der Waals surface area contributed by atoms with Crippen LogP contribution in [0.1, 0.15) is 0 Å². The van der Waals surface area contributed by atoms with Crippen LogP contribution in [0.5, 0.6) is 5.88 Å². The molecule has 2 aromatic heterocycles. The molecule has 2 fully saturated rings. The maximum absolute atomic E-state index is 9.91. The Balaban J connectivity index is 1.26. The van der Waals surface area contributed by atoms with Crippen LogP contribution in [0.4, 0.5) is 0 Å². The number of pyridine rings is 1. The topological polar surface area (TPSA) is 76.6 Å². The third-order valence-electron chi connectivity index (χ3n) is 6.06. The van der Waals surface area contributed by atoms with Crippen molar-refractivity contribution in [1.82, 2.24) is 9.97 Å². The number of hydrogen-bond acceptors (Lipinski definition) is 5. The van der Waals surface area contributed by atoms with E-state index < -0.39 is 6.10 Å². The third-order valence-corrected chi connectivity index (χ3v) is 6.34. The van der Waals surface area contributed by atoms with Crippen LogP contribution >= 0.6 is 11.6 Å². The van der Waals surface area contributed by atoms with Gasteiger partial charge in [0.2, 0.25) is 0 Å². The molecule has 0 radical (unpaired) electrons. The minimum Gasteiger partial charge on any atom is -0.470 e. The van der Waals surface area contributed by atoms with E-state index in [1.54, 1.807) is 0 Å². The summed E-state index contributed by atoms with van der Waals surface area (Å²) in [4.78, 5) is 8.00. The second-order valence-corrected chi connectivity index (χ2v) is 8.56. The predicted octanol–water partition coefficient (Wildman–Crippen LogP) is 4.46. The summed E-state index contributed by atoms with van der Waals surface area (Å²) >= 11 is 6.57. The van der Waals surface area contributed by atoms with Crippen LogP contribution < -0.4 is 4.74 Å². The minimum absolute atomic E-state index is 0.269. The van der Waals surface area contributed by atoms with E-state index in [0.717, 1.165) is 33.4 Å². The Hall–Kier alpha value is -2.90. The quantitative estimate of drug-likeness (QED) is 0.482. The molecule has 2 aromatic carbocycles. The van der Waals surface area contributed by atoms with E-state index in [-0.39, 0.29) is 24.9 Å². The molecule has 0 saturated carbocycles. The Morgan fingerprint density at radius 2 is 1.62 bits per heavy atom. The highest BCUT2D eigenvalue weighted by molar-refractivity contribution is 6.33. The van der Waals surface area contributed by atoms with Crippen LogP contribution in [0.15, 0.2) is 66.7 Å². The lowest BCUT2D eigenvalue weighted by Crippen LogP contribution is -2.34. The molecule has 0 amide bonds. The molecule has 6 rings (SSSR count). The lowest BCUT2D eigenvalue weighted by atomic mass is 10.0. The first-order valence-electron chi connectivity index (χ1n) is 10.6. The van der Waals surface area contributed by atoms with Crippen molar-refractivity contribution < 1.29 is 19.3 Å². The summed E-state index contributed by atoms with van der Waals surface area (Å²) in [7, 11) is 0. The maximum Gasteiger partial charge on any atom is 0.193 e. The van der Waals surface area contributed by atoms with Gasteiger partial charge in [0.25, 0.3) is 0 Å². The van der Waals surface area contributed by atoms with E-state index >= 15 is 0 Å². The molecule has 32 heavy (non-hydrogen) atoms. The van der Waals surface area contributed by atoms with Crippen molar-refractivity contribution in [3.05, 3.63) is 71.8 Å². The number of hydrogen-bond donors (Lipinski definition) is 2. The third kappa shape index (κ3) is 3.45. The number of nitrogens with one attached hydrogen (secondary N) is 1. The summed E-state index contributed by atoms with van der Waals surface area (Å²) < 4.78 is 17.3. The molecule has 0 bridgehead atoms. The van der Waals surface area contributed by atoms with Crippen molar-refractivity contribution in [2.24, 2.45) is 0 Å². The van der Waals surface area contributed by atoms with Crippen LogP contribution in [-0.2, 0) is 9.47 Å². The monoisotopic (exact) mass is 448 g/mol. The molecule has 162 valence electrons. The molecule has 4 heterocycles. The summed E-state index contributed by atoms with van der Waals surface area (Å²) in [5, 5.41) is 10.5. The number of aromatic amines is 1. The van der Waals surface area contributed by atoms with E-state index in [9.17, 15) is 5.11 Å². The molecule has 1 unspecified atom stereocenters. The Kier molecular flexibility index (Phi) is 4.88. The smallest absolute Gasteiger partial charge is 0.193 e. The SMILES string of the molecule is O[C@@H]1CO[C@H]2C1OC[C@@H]2Oc1cc2nc(-c3ccc(-c4ccccc4)cc3)c(Cl)cc2[nH]1. The van der Waals surface area contributed by atoms with Crippen molar-refractivity contribution in [3.8, 4) is 28.3 Å². The zero-order valence-electron chi connectivity index (χ0n) is 17.1. The molecular weight excluding hydrogens is 428 g/mol. The average Bonchev–Trinajstić information content (AvgIpc) is 3.51. The number of aliphatic hydroxyl groups excluding tert-OH is 1.